The highest BCUT2D eigenvalue weighted by Gasteiger charge is 2.35. The minimum atomic E-state index is -0.485. The van der Waals surface area contributed by atoms with Gasteiger partial charge in [-0.3, -0.25) is 9.59 Å². The van der Waals surface area contributed by atoms with Crippen molar-refractivity contribution >= 4 is 11.6 Å². The van der Waals surface area contributed by atoms with Crippen LogP contribution in [0.25, 0.3) is 0 Å². The van der Waals surface area contributed by atoms with Gasteiger partial charge < -0.3 is 0 Å². The lowest BCUT2D eigenvalue weighted by atomic mass is 9.74. The van der Waals surface area contributed by atoms with Crippen LogP contribution in [-0.4, -0.2) is 11.6 Å². The highest BCUT2D eigenvalue weighted by molar-refractivity contribution is 6.11. The van der Waals surface area contributed by atoms with Crippen molar-refractivity contribution in [3.8, 4) is 0 Å². The van der Waals surface area contributed by atoms with Crippen molar-refractivity contribution in [3.63, 3.8) is 0 Å². The average molecular weight is 278 g/mol. The maximum absolute atomic E-state index is 12.2. The van der Waals surface area contributed by atoms with Crippen LogP contribution in [-0.2, 0) is 9.59 Å². The second-order valence-corrected chi connectivity index (χ2v) is 6.75. The summed E-state index contributed by atoms with van der Waals surface area (Å²) in [6.07, 6.45) is 12.8. The molecule has 0 fully saturated rings. The molecule has 1 aliphatic carbocycles. The van der Waals surface area contributed by atoms with Gasteiger partial charge in [0.1, 0.15) is 0 Å². The number of rotatable bonds is 9. The van der Waals surface area contributed by atoms with Crippen molar-refractivity contribution in [2.75, 3.05) is 0 Å². The first-order chi connectivity index (χ1) is 9.47. The molecule has 0 aliphatic heterocycles. The summed E-state index contributed by atoms with van der Waals surface area (Å²) in [5, 5.41) is 0. The molecule has 0 saturated heterocycles. The number of unbranched alkanes of at least 4 members (excludes halogenated alkanes) is 7. The van der Waals surface area contributed by atoms with E-state index in [0.717, 1.165) is 18.4 Å². The molecule has 0 spiro atoms. The molecular formula is C18H30O2. The smallest absolute Gasteiger partial charge is 0.165 e. The molecule has 0 radical (unpaired) electrons. The van der Waals surface area contributed by atoms with E-state index < -0.39 is 5.41 Å². The number of ketones is 2. The number of hydrogen-bond acceptors (Lipinski definition) is 2. The maximum atomic E-state index is 12.2. The largest absolute Gasteiger partial charge is 0.295 e. The Morgan fingerprint density at radius 1 is 0.950 bits per heavy atom. The van der Waals surface area contributed by atoms with E-state index in [4.69, 9.17) is 0 Å². The lowest BCUT2D eigenvalue weighted by Gasteiger charge is -2.27. The molecule has 2 heteroatoms. The minimum absolute atomic E-state index is 0.115. The van der Waals surface area contributed by atoms with E-state index in [0.29, 0.717) is 6.42 Å². The lowest BCUT2D eigenvalue weighted by molar-refractivity contribution is -0.129. The van der Waals surface area contributed by atoms with Gasteiger partial charge in [0, 0.05) is 11.8 Å². The van der Waals surface area contributed by atoms with Gasteiger partial charge in [-0.2, -0.15) is 0 Å². The molecule has 0 heterocycles. The van der Waals surface area contributed by atoms with Crippen LogP contribution in [0, 0.1) is 5.41 Å². The lowest BCUT2D eigenvalue weighted by Crippen LogP contribution is -2.32. The van der Waals surface area contributed by atoms with Crippen LogP contribution in [0.3, 0.4) is 0 Å². The van der Waals surface area contributed by atoms with Gasteiger partial charge in [-0.05, 0) is 24.5 Å². The van der Waals surface area contributed by atoms with E-state index in [9.17, 15) is 9.59 Å². The summed E-state index contributed by atoms with van der Waals surface area (Å²) in [5.41, 5.74) is 0.277. The Hall–Kier alpha value is -0.920. The van der Waals surface area contributed by atoms with Gasteiger partial charge in [0.05, 0.1) is 0 Å². The van der Waals surface area contributed by atoms with Crippen LogP contribution in [0.2, 0.25) is 0 Å². The Morgan fingerprint density at radius 2 is 1.50 bits per heavy atom. The van der Waals surface area contributed by atoms with Crippen molar-refractivity contribution in [2.45, 2.75) is 85.0 Å². The molecule has 0 N–H and O–H groups in total. The van der Waals surface area contributed by atoms with Crippen LogP contribution < -0.4 is 0 Å². The fourth-order valence-electron chi connectivity index (χ4n) is 2.90. The van der Waals surface area contributed by atoms with Crippen LogP contribution in [0.4, 0.5) is 0 Å². The normalized spacial score (nSPS) is 18.2. The molecule has 1 rings (SSSR count). The van der Waals surface area contributed by atoms with Crippen LogP contribution in [0.1, 0.15) is 85.0 Å². The molecular weight excluding hydrogens is 248 g/mol. The minimum Gasteiger partial charge on any atom is -0.295 e. The standard InChI is InChI=1S/C18H30O2/c1-4-5-6-7-8-9-10-11-12-15-13-16(19)14-18(2,3)17(15)20/h13H,4-12,14H2,1-3H3. The summed E-state index contributed by atoms with van der Waals surface area (Å²) in [6.45, 7) is 6.00. The first-order valence-electron chi connectivity index (χ1n) is 8.25. The fourth-order valence-corrected chi connectivity index (χ4v) is 2.90. The van der Waals surface area contributed by atoms with Crippen LogP contribution in [0.5, 0.6) is 0 Å². The number of carbonyl (C=O) groups excluding carboxylic acids is 2. The van der Waals surface area contributed by atoms with E-state index in [1.165, 1.54) is 44.9 Å². The molecule has 2 nitrogen and oxygen atoms in total. The topological polar surface area (TPSA) is 34.1 Å². The Labute approximate surface area is 124 Å². The highest BCUT2D eigenvalue weighted by Crippen LogP contribution is 2.32. The summed E-state index contributed by atoms with van der Waals surface area (Å²) < 4.78 is 0. The molecule has 0 atom stereocenters. The third kappa shape index (κ3) is 5.60. The predicted octanol–water partition coefficient (Wildman–Crippen LogP) is 5.01. The molecule has 0 amide bonds. The summed E-state index contributed by atoms with van der Waals surface area (Å²) in [4.78, 5) is 23.9. The number of allylic oxidation sites excluding steroid dienone is 2. The van der Waals surface area contributed by atoms with Crippen molar-refractivity contribution < 1.29 is 9.59 Å². The van der Waals surface area contributed by atoms with Gasteiger partial charge in [0.15, 0.2) is 11.6 Å². The molecule has 0 aromatic carbocycles. The first kappa shape index (κ1) is 17.1. The fraction of sp³-hybridized carbons (Fsp3) is 0.778. The number of Topliss-reactive ketones (excluding diaryl/α,β-unsaturated/α-hetero) is 1. The quantitative estimate of drug-likeness (QED) is 0.555. The summed E-state index contributed by atoms with van der Waals surface area (Å²) >= 11 is 0. The Bertz CT molecular complexity index is 364. The van der Waals surface area contributed by atoms with Gasteiger partial charge in [0.25, 0.3) is 0 Å². The highest BCUT2D eigenvalue weighted by atomic mass is 16.1. The van der Waals surface area contributed by atoms with Gasteiger partial charge in [-0.25, -0.2) is 0 Å². The zero-order chi connectivity index (χ0) is 15.0. The van der Waals surface area contributed by atoms with Crippen molar-refractivity contribution in [2.24, 2.45) is 5.41 Å². The van der Waals surface area contributed by atoms with Crippen LogP contribution in [0.15, 0.2) is 11.6 Å². The summed E-state index contributed by atoms with van der Waals surface area (Å²) in [7, 11) is 0. The van der Waals surface area contributed by atoms with Crippen LogP contribution >= 0.6 is 0 Å². The SMILES string of the molecule is CCCCCCCCCCC1=CC(=O)CC(C)(C)C1=O. The van der Waals surface area contributed by atoms with E-state index in [-0.39, 0.29) is 11.6 Å². The van der Waals surface area contributed by atoms with Crippen molar-refractivity contribution in [1.82, 2.24) is 0 Å². The van der Waals surface area contributed by atoms with Crippen molar-refractivity contribution in [1.29, 1.82) is 0 Å². The van der Waals surface area contributed by atoms with Gasteiger partial charge in [-0.15, -0.1) is 0 Å². The molecule has 0 aromatic heterocycles. The Morgan fingerprint density at radius 3 is 2.10 bits per heavy atom. The second kappa shape index (κ2) is 8.39. The van der Waals surface area contributed by atoms with Crippen molar-refractivity contribution in [3.05, 3.63) is 11.6 Å². The first-order valence-corrected chi connectivity index (χ1v) is 8.25. The Kier molecular flexibility index (Phi) is 7.18. The van der Waals surface area contributed by atoms with Gasteiger partial charge >= 0.3 is 0 Å². The summed E-state index contributed by atoms with van der Waals surface area (Å²) in [5.74, 6) is 0.296. The van der Waals surface area contributed by atoms with Gasteiger partial charge in [-0.1, -0.05) is 65.7 Å². The van der Waals surface area contributed by atoms with E-state index in [1.54, 1.807) is 6.08 Å². The molecule has 114 valence electrons. The van der Waals surface area contributed by atoms with E-state index >= 15 is 0 Å². The number of hydrogen-bond donors (Lipinski definition) is 0. The molecule has 1 aliphatic rings. The third-order valence-corrected chi connectivity index (χ3v) is 4.16. The zero-order valence-electron chi connectivity index (χ0n) is 13.5. The number of carbonyl (C=O) groups is 2. The molecule has 0 unspecified atom stereocenters. The van der Waals surface area contributed by atoms with E-state index in [2.05, 4.69) is 6.92 Å². The molecule has 0 saturated carbocycles. The third-order valence-electron chi connectivity index (χ3n) is 4.16. The molecule has 20 heavy (non-hydrogen) atoms. The zero-order valence-corrected chi connectivity index (χ0v) is 13.5. The Balaban J connectivity index is 2.21. The molecule has 0 bridgehead atoms. The van der Waals surface area contributed by atoms with E-state index in [1.807, 2.05) is 13.8 Å². The van der Waals surface area contributed by atoms with Gasteiger partial charge in [0.2, 0.25) is 0 Å². The molecule has 0 aromatic rings. The maximum Gasteiger partial charge on any atom is 0.165 e. The second-order valence-electron chi connectivity index (χ2n) is 6.75. The predicted molar refractivity (Wildman–Crippen MR) is 83.7 cm³/mol. The average Bonchev–Trinajstić information content (AvgIpc) is 2.37. The summed E-state index contributed by atoms with van der Waals surface area (Å²) in [6, 6.07) is 0. The monoisotopic (exact) mass is 278 g/mol.